The van der Waals surface area contributed by atoms with Crippen LogP contribution in [0, 0.1) is 0 Å². The number of allylic oxidation sites excluding steroid dienone is 16. The highest BCUT2D eigenvalue weighted by Gasteiger charge is 2.50. The van der Waals surface area contributed by atoms with E-state index in [9.17, 15) is 34.5 Å². The molecule has 0 saturated carbocycles. The molecule has 0 spiro atoms. The Labute approximate surface area is 479 Å². The van der Waals surface area contributed by atoms with E-state index in [4.69, 9.17) is 23.7 Å². The molecule has 0 aromatic rings. The summed E-state index contributed by atoms with van der Waals surface area (Å²) < 4.78 is 28.4. The molecule has 12 nitrogen and oxygen atoms in total. The summed E-state index contributed by atoms with van der Waals surface area (Å²) in [6.07, 6.45) is 59.6. The maximum atomic E-state index is 13.1. The lowest BCUT2D eigenvalue weighted by Gasteiger charge is -2.40. The third-order valence-corrected chi connectivity index (χ3v) is 13.6. The van der Waals surface area contributed by atoms with E-state index in [1.165, 1.54) is 96.3 Å². The molecular weight excluding hydrogens is 997 g/mol. The Kier molecular flexibility index (Phi) is 49.9. The first-order valence-electron chi connectivity index (χ1n) is 31.2. The molecule has 6 atom stereocenters. The van der Waals surface area contributed by atoms with Crippen molar-refractivity contribution in [1.29, 1.82) is 0 Å². The van der Waals surface area contributed by atoms with Crippen molar-refractivity contribution >= 4 is 23.9 Å². The van der Waals surface area contributed by atoms with E-state index in [-0.39, 0.29) is 25.9 Å². The third kappa shape index (κ3) is 44.0. The number of esters is 3. The van der Waals surface area contributed by atoms with Crippen molar-refractivity contribution in [3.05, 3.63) is 97.2 Å². The van der Waals surface area contributed by atoms with Gasteiger partial charge in [-0.2, -0.15) is 0 Å². The zero-order valence-corrected chi connectivity index (χ0v) is 49.6. The lowest BCUT2D eigenvalue weighted by Crippen LogP contribution is -2.61. The molecule has 1 fully saturated rings. The van der Waals surface area contributed by atoms with Crippen LogP contribution in [0.1, 0.15) is 252 Å². The maximum absolute atomic E-state index is 13.1. The second-order valence-electron chi connectivity index (χ2n) is 20.9. The fourth-order valence-electron chi connectivity index (χ4n) is 8.84. The SMILES string of the molecule is CC/C=C\C/C=C\C/C=C\C/C=C\C/C=C\C/C=C\CCC(=O)OC1C(OCC(COC(=O)CCCCCCCCCCC/C=C\CCCCCCCC)OC(=O)CCCCCCC/C=C\CCCC)OC(C(=O)O)C(O)C1O. The first kappa shape index (κ1) is 72.7. The quantitative estimate of drug-likeness (QED) is 0.0228. The van der Waals surface area contributed by atoms with Crippen LogP contribution in [0.5, 0.6) is 0 Å². The summed E-state index contributed by atoms with van der Waals surface area (Å²) in [6.45, 7) is 5.80. The molecular formula is C67H110O12. The molecule has 12 heteroatoms. The van der Waals surface area contributed by atoms with Crippen molar-refractivity contribution in [3.63, 3.8) is 0 Å². The molecule has 6 unspecified atom stereocenters. The number of hydrogen-bond donors (Lipinski definition) is 3. The predicted molar refractivity (Wildman–Crippen MR) is 321 cm³/mol. The minimum atomic E-state index is -1.93. The monoisotopic (exact) mass is 1110 g/mol. The van der Waals surface area contributed by atoms with Gasteiger partial charge >= 0.3 is 23.9 Å². The molecule has 1 saturated heterocycles. The van der Waals surface area contributed by atoms with Gasteiger partial charge in [0.2, 0.25) is 0 Å². The Morgan fingerprint density at radius 2 is 0.835 bits per heavy atom. The van der Waals surface area contributed by atoms with Crippen LogP contribution >= 0.6 is 0 Å². The van der Waals surface area contributed by atoms with E-state index in [1.807, 2.05) is 18.2 Å². The zero-order chi connectivity index (χ0) is 57.5. The summed E-state index contributed by atoms with van der Waals surface area (Å²) >= 11 is 0. The van der Waals surface area contributed by atoms with Gasteiger partial charge in [0.1, 0.15) is 18.8 Å². The van der Waals surface area contributed by atoms with Crippen molar-refractivity contribution in [2.75, 3.05) is 13.2 Å². The summed E-state index contributed by atoms with van der Waals surface area (Å²) in [5.74, 6) is -3.25. The Bertz CT molecular complexity index is 1740. The molecule has 1 rings (SSSR count). The summed E-state index contributed by atoms with van der Waals surface area (Å²) in [5.41, 5.74) is 0. The molecule has 1 heterocycles. The van der Waals surface area contributed by atoms with Gasteiger partial charge in [-0.3, -0.25) is 14.4 Å². The molecule has 0 aromatic carbocycles. The Morgan fingerprint density at radius 1 is 0.430 bits per heavy atom. The van der Waals surface area contributed by atoms with Gasteiger partial charge in [0.15, 0.2) is 24.6 Å². The maximum Gasteiger partial charge on any atom is 0.335 e. The van der Waals surface area contributed by atoms with E-state index < -0.39 is 67.3 Å². The molecule has 1 aliphatic rings. The highest BCUT2D eigenvalue weighted by Crippen LogP contribution is 2.26. The number of aliphatic hydroxyl groups excluding tert-OH is 2. The standard InChI is InChI=1S/C67H110O12/c1-4-7-10-13-16-19-22-24-26-28-30-32-34-36-39-41-44-47-50-53-59(68)75-56-58(77-60(69)54-51-48-45-42-38-21-18-15-12-9-6-3)57-76-67-65(63(72)62(71)64(79-67)66(73)74)78-61(70)55-52-49-46-43-40-37-35-33-31-29-27-25-23-20-17-14-11-8-5-2/h8,11,15,17-18,20,24-27,31,33,37,40,46,49,58,62-65,67,71-72H,4-7,9-10,12-14,16,19,21-23,28-30,32,34-36,38-39,41-45,47-48,50-57H2,1-3H3,(H,73,74)/b11-8-,18-15-,20-17-,26-24-,27-25-,33-31-,40-37-,49-46-. The summed E-state index contributed by atoms with van der Waals surface area (Å²) in [6, 6.07) is 0. The minimum Gasteiger partial charge on any atom is -0.479 e. The van der Waals surface area contributed by atoms with E-state index in [0.29, 0.717) is 25.7 Å². The minimum absolute atomic E-state index is 0.0689. The van der Waals surface area contributed by atoms with Crippen LogP contribution in [-0.4, -0.2) is 89.2 Å². The number of rotatable bonds is 52. The summed E-state index contributed by atoms with van der Waals surface area (Å²) in [7, 11) is 0. The van der Waals surface area contributed by atoms with Crippen LogP contribution < -0.4 is 0 Å². The van der Waals surface area contributed by atoms with Gasteiger partial charge in [0.25, 0.3) is 0 Å². The fraction of sp³-hybridized carbons (Fsp3) is 0.701. The molecule has 0 aromatic heterocycles. The smallest absolute Gasteiger partial charge is 0.335 e. The Hall–Kier alpha value is -4.36. The second kappa shape index (κ2) is 54.2. The van der Waals surface area contributed by atoms with Gasteiger partial charge in [-0.15, -0.1) is 0 Å². The van der Waals surface area contributed by atoms with Gasteiger partial charge in [0, 0.05) is 19.3 Å². The van der Waals surface area contributed by atoms with Crippen LogP contribution in [0.25, 0.3) is 0 Å². The molecule has 1 aliphatic heterocycles. The van der Waals surface area contributed by atoms with E-state index in [0.717, 1.165) is 89.9 Å². The van der Waals surface area contributed by atoms with Crippen LogP contribution in [0.3, 0.4) is 0 Å². The normalized spacial score (nSPS) is 18.5. The van der Waals surface area contributed by atoms with Gasteiger partial charge in [-0.25, -0.2) is 4.79 Å². The lowest BCUT2D eigenvalue weighted by molar-refractivity contribution is -0.301. The molecule has 79 heavy (non-hydrogen) atoms. The van der Waals surface area contributed by atoms with E-state index in [1.54, 1.807) is 0 Å². The van der Waals surface area contributed by atoms with Gasteiger partial charge in [0.05, 0.1) is 6.61 Å². The molecule has 450 valence electrons. The fourth-order valence-corrected chi connectivity index (χ4v) is 8.84. The second-order valence-corrected chi connectivity index (χ2v) is 20.9. The highest BCUT2D eigenvalue weighted by atomic mass is 16.7. The lowest BCUT2D eigenvalue weighted by atomic mass is 9.98. The zero-order valence-electron chi connectivity index (χ0n) is 49.6. The topological polar surface area (TPSA) is 175 Å². The number of carbonyl (C=O) groups excluding carboxylic acids is 3. The van der Waals surface area contributed by atoms with Gasteiger partial charge in [-0.05, 0) is 103 Å². The Morgan fingerprint density at radius 3 is 1.30 bits per heavy atom. The number of aliphatic carboxylic acids is 1. The van der Waals surface area contributed by atoms with Crippen molar-refractivity contribution in [2.45, 2.75) is 289 Å². The van der Waals surface area contributed by atoms with Gasteiger partial charge in [-0.1, -0.05) is 227 Å². The number of carboxylic acid groups (broad SMARTS) is 1. The van der Waals surface area contributed by atoms with Crippen molar-refractivity contribution < 1.29 is 58.2 Å². The number of unbranched alkanes of at least 4 members (excludes halogenated alkanes) is 22. The molecule has 0 aliphatic carbocycles. The molecule has 3 N–H and O–H groups in total. The first-order chi connectivity index (χ1) is 38.6. The summed E-state index contributed by atoms with van der Waals surface area (Å²) in [5, 5.41) is 31.5. The number of aliphatic hydroxyl groups is 2. The van der Waals surface area contributed by atoms with Crippen LogP contribution in [0.2, 0.25) is 0 Å². The number of ether oxygens (including phenoxy) is 5. The predicted octanol–water partition coefficient (Wildman–Crippen LogP) is 16.5. The van der Waals surface area contributed by atoms with Crippen molar-refractivity contribution in [2.24, 2.45) is 0 Å². The number of carboxylic acids is 1. The van der Waals surface area contributed by atoms with Crippen LogP contribution in [-0.2, 0) is 42.9 Å². The first-order valence-corrected chi connectivity index (χ1v) is 31.2. The van der Waals surface area contributed by atoms with Crippen LogP contribution in [0.15, 0.2) is 97.2 Å². The van der Waals surface area contributed by atoms with E-state index >= 15 is 0 Å². The largest absolute Gasteiger partial charge is 0.479 e. The van der Waals surface area contributed by atoms with Crippen LogP contribution in [0.4, 0.5) is 0 Å². The molecule has 0 radical (unpaired) electrons. The van der Waals surface area contributed by atoms with Crippen molar-refractivity contribution in [1.82, 2.24) is 0 Å². The van der Waals surface area contributed by atoms with E-state index in [2.05, 4.69) is 99.8 Å². The Balaban J connectivity index is 2.68. The highest BCUT2D eigenvalue weighted by molar-refractivity contribution is 5.74. The average molecular weight is 1110 g/mol. The molecule has 0 amide bonds. The number of hydrogen-bond acceptors (Lipinski definition) is 11. The molecule has 0 bridgehead atoms. The summed E-state index contributed by atoms with van der Waals surface area (Å²) in [4.78, 5) is 51.1. The van der Waals surface area contributed by atoms with Gasteiger partial charge < -0.3 is 39.0 Å². The van der Waals surface area contributed by atoms with Crippen molar-refractivity contribution in [3.8, 4) is 0 Å². The average Bonchev–Trinajstić information content (AvgIpc) is 3.43. The third-order valence-electron chi connectivity index (χ3n) is 13.6. The number of carbonyl (C=O) groups is 4.